The van der Waals surface area contributed by atoms with Gasteiger partial charge in [0.2, 0.25) is 5.91 Å². The number of guanidine groups is 1. The van der Waals surface area contributed by atoms with Gasteiger partial charge in [-0.3, -0.25) is 9.79 Å². The van der Waals surface area contributed by atoms with E-state index in [9.17, 15) is 4.79 Å². The molecule has 1 saturated heterocycles. The number of nitrogens with one attached hydrogen (secondary N) is 3. The standard InChI is InChI=1S/C19H30N4O3.HI/c1-4-20-18(22-14-19(3)9-6-11-26-19)21-10-12-25-17-8-5-7-16(13-17)23-15(2)24;/h5,7-8,13H,4,6,9-12,14H2,1-3H3,(H,23,24)(H2,20,21,22);1H. The van der Waals surface area contributed by atoms with Crippen LogP contribution in [0, 0.1) is 0 Å². The molecule has 0 radical (unpaired) electrons. The summed E-state index contributed by atoms with van der Waals surface area (Å²) in [7, 11) is 0. The van der Waals surface area contributed by atoms with Crippen molar-refractivity contribution in [2.75, 3.05) is 38.2 Å². The molecule has 0 spiro atoms. The number of rotatable bonds is 8. The molecule has 1 heterocycles. The van der Waals surface area contributed by atoms with Gasteiger partial charge in [0.25, 0.3) is 0 Å². The average Bonchev–Trinajstić information content (AvgIpc) is 3.03. The minimum atomic E-state index is -0.150. The molecule has 2 rings (SSSR count). The smallest absolute Gasteiger partial charge is 0.221 e. The molecule has 8 heteroatoms. The Morgan fingerprint density at radius 2 is 2.19 bits per heavy atom. The number of aliphatic imine (C=N–C) groups is 1. The van der Waals surface area contributed by atoms with Gasteiger partial charge in [0, 0.05) is 31.8 Å². The molecule has 0 aliphatic carbocycles. The lowest BCUT2D eigenvalue weighted by Gasteiger charge is -2.21. The highest BCUT2D eigenvalue weighted by atomic mass is 127. The monoisotopic (exact) mass is 490 g/mol. The molecule has 1 atom stereocenters. The number of anilines is 1. The van der Waals surface area contributed by atoms with Gasteiger partial charge >= 0.3 is 0 Å². The summed E-state index contributed by atoms with van der Waals surface area (Å²) < 4.78 is 11.5. The van der Waals surface area contributed by atoms with Gasteiger partial charge in [0.05, 0.1) is 18.7 Å². The Bertz CT molecular complexity index is 619. The summed E-state index contributed by atoms with van der Waals surface area (Å²) >= 11 is 0. The van der Waals surface area contributed by atoms with Gasteiger partial charge in [-0.2, -0.15) is 0 Å². The molecule has 1 aromatic rings. The molecule has 27 heavy (non-hydrogen) atoms. The highest BCUT2D eigenvalue weighted by Crippen LogP contribution is 2.25. The number of ether oxygens (including phenoxy) is 2. The zero-order valence-electron chi connectivity index (χ0n) is 16.3. The molecule has 1 aromatic carbocycles. The molecule has 152 valence electrons. The van der Waals surface area contributed by atoms with Crippen LogP contribution in [0.1, 0.15) is 33.6 Å². The van der Waals surface area contributed by atoms with Crippen molar-refractivity contribution in [2.24, 2.45) is 4.99 Å². The number of amides is 1. The van der Waals surface area contributed by atoms with E-state index in [1.165, 1.54) is 6.92 Å². The minimum absolute atomic E-state index is 0. The van der Waals surface area contributed by atoms with Crippen LogP contribution in [0.3, 0.4) is 0 Å². The fourth-order valence-electron chi connectivity index (χ4n) is 2.75. The Morgan fingerprint density at radius 1 is 1.37 bits per heavy atom. The third-order valence-corrected chi connectivity index (χ3v) is 4.03. The highest BCUT2D eigenvalue weighted by molar-refractivity contribution is 14.0. The second-order valence-electron chi connectivity index (χ2n) is 6.58. The maximum absolute atomic E-state index is 11.1. The Labute approximate surface area is 178 Å². The summed E-state index contributed by atoms with van der Waals surface area (Å²) in [6, 6.07) is 7.35. The first-order chi connectivity index (χ1) is 12.5. The lowest BCUT2D eigenvalue weighted by atomic mass is 10.0. The van der Waals surface area contributed by atoms with Gasteiger partial charge in [-0.05, 0) is 38.8 Å². The number of hydrogen-bond acceptors (Lipinski definition) is 4. The summed E-state index contributed by atoms with van der Waals surface area (Å²) in [6.07, 6.45) is 2.14. The van der Waals surface area contributed by atoms with Crippen molar-refractivity contribution < 1.29 is 14.3 Å². The van der Waals surface area contributed by atoms with Crippen LogP contribution in [0.25, 0.3) is 0 Å². The first-order valence-corrected chi connectivity index (χ1v) is 9.17. The molecule has 1 aliphatic rings. The fourth-order valence-corrected chi connectivity index (χ4v) is 2.75. The molecule has 1 fully saturated rings. The van der Waals surface area contributed by atoms with Crippen LogP contribution in [-0.2, 0) is 9.53 Å². The lowest BCUT2D eigenvalue weighted by Crippen LogP contribution is -2.40. The van der Waals surface area contributed by atoms with Crippen molar-refractivity contribution in [3.8, 4) is 5.75 Å². The zero-order chi connectivity index (χ0) is 18.8. The molecule has 7 nitrogen and oxygen atoms in total. The van der Waals surface area contributed by atoms with Gasteiger partial charge in [-0.15, -0.1) is 24.0 Å². The maximum Gasteiger partial charge on any atom is 0.221 e. The van der Waals surface area contributed by atoms with Crippen molar-refractivity contribution in [3.05, 3.63) is 24.3 Å². The average molecular weight is 490 g/mol. The number of hydrogen-bond donors (Lipinski definition) is 3. The lowest BCUT2D eigenvalue weighted by molar-refractivity contribution is -0.114. The van der Waals surface area contributed by atoms with Crippen molar-refractivity contribution in [3.63, 3.8) is 0 Å². The molecule has 1 amide bonds. The van der Waals surface area contributed by atoms with E-state index in [1.54, 1.807) is 6.07 Å². The SMILES string of the molecule is CCNC(=NCC1(C)CCCO1)NCCOc1cccc(NC(C)=O)c1.I. The van der Waals surface area contributed by atoms with E-state index in [4.69, 9.17) is 9.47 Å². The fraction of sp³-hybridized carbons (Fsp3) is 0.579. The first-order valence-electron chi connectivity index (χ1n) is 9.17. The number of nitrogens with zero attached hydrogens (tertiary/aromatic N) is 1. The molecule has 0 aromatic heterocycles. The molecule has 1 aliphatic heterocycles. The van der Waals surface area contributed by atoms with Crippen LogP contribution < -0.4 is 20.7 Å². The quantitative estimate of drug-likeness (QED) is 0.226. The van der Waals surface area contributed by atoms with Gasteiger partial charge < -0.3 is 25.4 Å². The van der Waals surface area contributed by atoms with Crippen molar-refractivity contribution in [2.45, 2.75) is 39.2 Å². The van der Waals surface area contributed by atoms with Crippen molar-refractivity contribution in [1.29, 1.82) is 0 Å². The Kier molecular flexibility index (Phi) is 10.5. The van der Waals surface area contributed by atoms with E-state index in [2.05, 4.69) is 27.9 Å². The van der Waals surface area contributed by atoms with E-state index in [0.29, 0.717) is 25.4 Å². The van der Waals surface area contributed by atoms with Gasteiger partial charge in [0.1, 0.15) is 12.4 Å². The summed E-state index contributed by atoms with van der Waals surface area (Å²) in [5.74, 6) is 1.38. The zero-order valence-corrected chi connectivity index (χ0v) is 18.7. The Hall–Kier alpha value is -1.55. The number of carbonyl (C=O) groups excluding carboxylic acids is 1. The van der Waals surface area contributed by atoms with Crippen LogP contribution in [-0.4, -0.2) is 50.3 Å². The van der Waals surface area contributed by atoms with E-state index < -0.39 is 0 Å². The second kappa shape index (κ2) is 12.0. The van der Waals surface area contributed by atoms with E-state index in [-0.39, 0.29) is 35.5 Å². The van der Waals surface area contributed by atoms with E-state index >= 15 is 0 Å². The third kappa shape index (κ3) is 8.79. The third-order valence-electron chi connectivity index (χ3n) is 4.03. The van der Waals surface area contributed by atoms with Crippen LogP contribution in [0.5, 0.6) is 5.75 Å². The minimum Gasteiger partial charge on any atom is -0.492 e. The van der Waals surface area contributed by atoms with Crippen LogP contribution in [0.2, 0.25) is 0 Å². The van der Waals surface area contributed by atoms with E-state index in [0.717, 1.165) is 37.6 Å². The topological polar surface area (TPSA) is 84.0 Å². The van der Waals surface area contributed by atoms with E-state index in [1.807, 2.05) is 25.1 Å². The summed E-state index contributed by atoms with van der Waals surface area (Å²) in [4.78, 5) is 15.7. The Balaban J connectivity index is 0.00000364. The second-order valence-corrected chi connectivity index (χ2v) is 6.58. The maximum atomic E-state index is 11.1. The molecule has 1 unspecified atom stereocenters. The largest absolute Gasteiger partial charge is 0.492 e. The number of carbonyl (C=O) groups is 1. The van der Waals surface area contributed by atoms with Crippen molar-refractivity contribution >= 4 is 41.5 Å². The first kappa shape index (κ1) is 23.5. The van der Waals surface area contributed by atoms with Gasteiger partial charge in [-0.1, -0.05) is 6.07 Å². The van der Waals surface area contributed by atoms with Crippen LogP contribution >= 0.6 is 24.0 Å². The molecular weight excluding hydrogens is 459 g/mol. The normalized spacial score (nSPS) is 19.1. The molecule has 0 saturated carbocycles. The number of benzene rings is 1. The van der Waals surface area contributed by atoms with Crippen LogP contribution in [0.15, 0.2) is 29.3 Å². The summed E-state index contributed by atoms with van der Waals surface area (Å²) in [5, 5.41) is 9.24. The van der Waals surface area contributed by atoms with Crippen LogP contribution in [0.4, 0.5) is 5.69 Å². The molecule has 0 bridgehead atoms. The predicted octanol–water partition coefficient (Wildman–Crippen LogP) is 2.77. The van der Waals surface area contributed by atoms with Gasteiger partial charge in [-0.25, -0.2) is 0 Å². The molecule has 3 N–H and O–H groups in total. The van der Waals surface area contributed by atoms with Gasteiger partial charge in [0.15, 0.2) is 5.96 Å². The van der Waals surface area contributed by atoms with Crippen molar-refractivity contribution in [1.82, 2.24) is 10.6 Å². The summed E-state index contributed by atoms with van der Waals surface area (Å²) in [6.45, 7) is 8.99. The summed E-state index contributed by atoms with van der Waals surface area (Å²) in [5.41, 5.74) is 0.575. The predicted molar refractivity (Wildman–Crippen MR) is 119 cm³/mol. The highest BCUT2D eigenvalue weighted by Gasteiger charge is 2.29. The number of halogens is 1. The molecular formula is C19H31IN4O3. The Morgan fingerprint density at radius 3 is 2.85 bits per heavy atom.